The van der Waals surface area contributed by atoms with Crippen molar-refractivity contribution in [1.82, 2.24) is 4.90 Å². The van der Waals surface area contributed by atoms with Gasteiger partial charge in [-0.05, 0) is 42.8 Å². The van der Waals surface area contributed by atoms with E-state index >= 15 is 0 Å². The summed E-state index contributed by atoms with van der Waals surface area (Å²) < 4.78 is 0. The molecule has 0 radical (unpaired) electrons. The number of fused-ring (bicyclic) bond motifs is 3. The van der Waals surface area contributed by atoms with Crippen LogP contribution in [-0.4, -0.2) is 29.8 Å². The lowest BCUT2D eigenvalue weighted by Gasteiger charge is -2.35. The van der Waals surface area contributed by atoms with E-state index in [0.29, 0.717) is 11.9 Å². The maximum Gasteiger partial charge on any atom is 0.116 e. The van der Waals surface area contributed by atoms with Crippen molar-refractivity contribution in [3.8, 4) is 5.75 Å². The highest BCUT2D eigenvalue weighted by molar-refractivity contribution is 5.66. The van der Waals surface area contributed by atoms with Gasteiger partial charge in [0.1, 0.15) is 5.75 Å². The van der Waals surface area contributed by atoms with Gasteiger partial charge in [0.05, 0.1) is 6.17 Å². The number of phenolic OH excluding ortho intramolecular Hbond substituents is 1. The lowest BCUT2D eigenvalue weighted by atomic mass is 9.81. The molecule has 1 unspecified atom stereocenters. The number of hydrogen-bond donors (Lipinski definition) is 1. The molecule has 1 saturated heterocycles. The molecule has 3 heteroatoms. The van der Waals surface area contributed by atoms with Crippen LogP contribution in [0.25, 0.3) is 0 Å². The van der Waals surface area contributed by atoms with Gasteiger partial charge in [0.15, 0.2) is 0 Å². The van der Waals surface area contributed by atoms with E-state index in [9.17, 15) is 5.11 Å². The first-order chi connectivity index (χ1) is 10.6. The minimum Gasteiger partial charge on any atom is -0.508 e. The zero-order valence-electron chi connectivity index (χ0n) is 13.2. The van der Waals surface area contributed by atoms with E-state index in [0.717, 1.165) is 19.5 Å². The van der Waals surface area contributed by atoms with Crippen LogP contribution in [0.15, 0.2) is 48.5 Å². The minimum absolute atomic E-state index is 0.0948. The Morgan fingerprint density at radius 1 is 1.18 bits per heavy atom. The van der Waals surface area contributed by atoms with E-state index in [-0.39, 0.29) is 5.41 Å². The third-order valence-electron chi connectivity index (χ3n) is 5.37. The second kappa shape index (κ2) is 4.75. The highest BCUT2D eigenvalue weighted by atomic mass is 16.3. The summed E-state index contributed by atoms with van der Waals surface area (Å²) in [6, 6.07) is 16.5. The average molecular weight is 294 g/mol. The molecule has 22 heavy (non-hydrogen) atoms. The largest absolute Gasteiger partial charge is 0.508 e. The van der Waals surface area contributed by atoms with Crippen molar-refractivity contribution in [2.75, 3.05) is 18.5 Å². The molecule has 3 nitrogen and oxygen atoms in total. The van der Waals surface area contributed by atoms with Crippen molar-refractivity contribution in [1.29, 1.82) is 0 Å². The molecule has 2 atom stereocenters. The Balaban J connectivity index is 1.80. The van der Waals surface area contributed by atoms with Gasteiger partial charge in [-0.2, -0.15) is 0 Å². The predicted octanol–water partition coefficient (Wildman–Crippen LogP) is 3.33. The Hall–Kier alpha value is -2.00. The Bertz CT molecular complexity index is 700. The number of nitrogens with zero attached hydrogens (tertiary/aromatic N) is 2. The molecule has 0 bridgehead atoms. The summed E-state index contributed by atoms with van der Waals surface area (Å²) in [5.41, 5.74) is 3.97. The van der Waals surface area contributed by atoms with E-state index < -0.39 is 0 Å². The van der Waals surface area contributed by atoms with Gasteiger partial charge in [0, 0.05) is 24.2 Å². The zero-order valence-corrected chi connectivity index (χ0v) is 13.2. The highest BCUT2D eigenvalue weighted by Gasteiger charge is 2.53. The molecule has 4 rings (SSSR count). The van der Waals surface area contributed by atoms with E-state index in [1.807, 2.05) is 6.07 Å². The number of likely N-dealkylation sites (N-methyl/N-ethyl adjacent to an activating group) is 1. The summed E-state index contributed by atoms with van der Waals surface area (Å²) in [7, 11) is 2.21. The van der Waals surface area contributed by atoms with Crippen molar-refractivity contribution in [2.24, 2.45) is 0 Å². The summed E-state index contributed by atoms with van der Waals surface area (Å²) in [5.74, 6) is 0.370. The lowest BCUT2D eigenvalue weighted by Crippen LogP contribution is -2.46. The molecule has 2 aromatic rings. The maximum absolute atomic E-state index is 9.94. The smallest absolute Gasteiger partial charge is 0.116 e. The first kappa shape index (κ1) is 13.6. The molecular weight excluding hydrogens is 272 g/mol. The van der Waals surface area contributed by atoms with Gasteiger partial charge in [0.25, 0.3) is 0 Å². The summed E-state index contributed by atoms with van der Waals surface area (Å²) in [6.07, 6.45) is 1.50. The Morgan fingerprint density at radius 2 is 1.95 bits per heavy atom. The van der Waals surface area contributed by atoms with Crippen LogP contribution in [0.4, 0.5) is 5.69 Å². The van der Waals surface area contributed by atoms with E-state index in [1.54, 1.807) is 6.07 Å². The number of anilines is 1. The molecule has 0 spiro atoms. The van der Waals surface area contributed by atoms with Crippen LogP contribution in [0.5, 0.6) is 5.75 Å². The number of aromatic hydroxyl groups is 1. The van der Waals surface area contributed by atoms with E-state index in [4.69, 9.17) is 0 Å². The van der Waals surface area contributed by atoms with Crippen LogP contribution in [0, 0.1) is 0 Å². The first-order valence-corrected chi connectivity index (χ1v) is 7.94. The quantitative estimate of drug-likeness (QED) is 0.920. The van der Waals surface area contributed by atoms with Crippen LogP contribution in [0.1, 0.15) is 24.5 Å². The average Bonchev–Trinajstić information content (AvgIpc) is 2.94. The minimum atomic E-state index is 0.0948. The summed E-state index contributed by atoms with van der Waals surface area (Å²) >= 11 is 0. The molecule has 0 aliphatic carbocycles. The van der Waals surface area contributed by atoms with Gasteiger partial charge in [-0.1, -0.05) is 37.3 Å². The van der Waals surface area contributed by atoms with Crippen molar-refractivity contribution >= 4 is 5.69 Å². The van der Waals surface area contributed by atoms with E-state index in [1.165, 1.54) is 16.8 Å². The summed E-state index contributed by atoms with van der Waals surface area (Å²) in [4.78, 5) is 4.94. The molecule has 0 aromatic heterocycles. The summed E-state index contributed by atoms with van der Waals surface area (Å²) in [5, 5.41) is 9.94. The number of benzene rings is 2. The van der Waals surface area contributed by atoms with Crippen LogP contribution in [0.3, 0.4) is 0 Å². The van der Waals surface area contributed by atoms with Crippen LogP contribution in [0.2, 0.25) is 0 Å². The topological polar surface area (TPSA) is 26.7 Å². The van der Waals surface area contributed by atoms with Gasteiger partial charge >= 0.3 is 0 Å². The second-order valence-corrected chi connectivity index (χ2v) is 6.84. The maximum atomic E-state index is 9.94. The molecule has 114 valence electrons. The Morgan fingerprint density at radius 3 is 2.73 bits per heavy atom. The first-order valence-electron chi connectivity index (χ1n) is 7.94. The van der Waals surface area contributed by atoms with Crippen molar-refractivity contribution in [2.45, 2.75) is 31.5 Å². The molecule has 1 N–H and O–H groups in total. The van der Waals surface area contributed by atoms with Crippen LogP contribution in [-0.2, 0) is 12.0 Å². The highest BCUT2D eigenvalue weighted by Crippen LogP contribution is 2.52. The predicted molar refractivity (Wildman–Crippen MR) is 89.1 cm³/mol. The molecule has 2 aliphatic rings. The van der Waals surface area contributed by atoms with Gasteiger partial charge in [-0.25, -0.2) is 0 Å². The molecule has 2 heterocycles. The number of likely N-dealkylation sites (tertiary alicyclic amines) is 1. The van der Waals surface area contributed by atoms with Gasteiger partial charge < -0.3 is 10.0 Å². The molecule has 2 aliphatic heterocycles. The number of phenols is 1. The third kappa shape index (κ3) is 1.85. The fourth-order valence-electron chi connectivity index (χ4n) is 4.32. The lowest BCUT2D eigenvalue weighted by molar-refractivity contribution is 0.259. The van der Waals surface area contributed by atoms with Gasteiger partial charge in [-0.3, -0.25) is 4.90 Å². The number of hydrogen-bond acceptors (Lipinski definition) is 3. The SMILES string of the molecule is CN1CC[C@@]2(C)c3cc(O)ccc3N(Cc3ccccc3)C12. The second-order valence-electron chi connectivity index (χ2n) is 6.84. The van der Waals surface area contributed by atoms with Crippen LogP contribution < -0.4 is 4.90 Å². The Kier molecular flexibility index (Phi) is 2.95. The molecule has 0 amide bonds. The molecule has 1 fully saturated rings. The third-order valence-corrected chi connectivity index (χ3v) is 5.37. The molecule has 0 saturated carbocycles. The molecular formula is C19H22N2O. The number of rotatable bonds is 2. The standard InChI is InChI=1S/C19H22N2O/c1-19-10-11-20(2)18(19)21(13-14-6-4-3-5-7-14)17-9-8-15(22)12-16(17)19/h3-9,12,18,22H,10-11,13H2,1-2H3/t18?,19-/m0/s1. The fourth-order valence-corrected chi connectivity index (χ4v) is 4.32. The normalized spacial score (nSPS) is 27.0. The zero-order chi connectivity index (χ0) is 15.3. The van der Waals surface area contributed by atoms with Gasteiger partial charge in [0.2, 0.25) is 0 Å². The van der Waals surface area contributed by atoms with E-state index in [2.05, 4.69) is 60.2 Å². The Labute approximate surface area is 131 Å². The van der Waals surface area contributed by atoms with Crippen molar-refractivity contribution in [3.63, 3.8) is 0 Å². The van der Waals surface area contributed by atoms with Crippen molar-refractivity contribution in [3.05, 3.63) is 59.7 Å². The van der Waals surface area contributed by atoms with Gasteiger partial charge in [-0.15, -0.1) is 0 Å². The van der Waals surface area contributed by atoms with Crippen molar-refractivity contribution < 1.29 is 5.11 Å². The molecule has 2 aromatic carbocycles. The fraction of sp³-hybridized carbons (Fsp3) is 0.368. The summed E-state index contributed by atoms with van der Waals surface area (Å²) in [6.45, 7) is 4.34. The van der Waals surface area contributed by atoms with Crippen LogP contribution >= 0.6 is 0 Å². The monoisotopic (exact) mass is 294 g/mol.